The van der Waals surface area contributed by atoms with Crippen LogP contribution in [0.5, 0.6) is 0 Å². The predicted octanol–water partition coefficient (Wildman–Crippen LogP) is 4.30. The van der Waals surface area contributed by atoms with Gasteiger partial charge in [-0.2, -0.15) is 5.26 Å². The summed E-state index contributed by atoms with van der Waals surface area (Å²) in [6, 6.07) is 14.5. The number of rotatable bonds is 3. The molecule has 0 radical (unpaired) electrons. The Bertz CT molecular complexity index is 584. The first-order valence-corrected chi connectivity index (χ1v) is 6.55. The largest absolute Gasteiger partial charge is 0.207 e. The quantitative estimate of drug-likeness (QED) is 0.765. The smallest absolute Gasteiger partial charge is 0.123 e. The number of halogens is 1. The van der Waals surface area contributed by atoms with Crippen LogP contribution in [0, 0.1) is 24.1 Å². The van der Waals surface area contributed by atoms with Gasteiger partial charge in [0.2, 0.25) is 0 Å². The van der Waals surface area contributed by atoms with E-state index in [-0.39, 0.29) is 5.82 Å². The molecule has 2 aromatic carbocycles. The number of nitrogens with zero attached hydrogens (tertiary/aromatic N) is 1. The number of hydrogen-bond acceptors (Lipinski definition) is 2. The summed E-state index contributed by atoms with van der Waals surface area (Å²) in [7, 11) is 0. The lowest BCUT2D eigenvalue weighted by molar-refractivity contribution is 0.626. The van der Waals surface area contributed by atoms with Crippen LogP contribution in [0.25, 0.3) is 0 Å². The van der Waals surface area contributed by atoms with Crippen molar-refractivity contribution in [3.05, 3.63) is 65.0 Å². The van der Waals surface area contributed by atoms with Crippen molar-refractivity contribution in [3.8, 4) is 6.07 Å². The van der Waals surface area contributed by atoms with Crippen molar-refractivity contribution in [3.63, 3.8) is 0 Å². The first kappa shape index (κ1) is 12.7. The Hall–Kier alpha value is -1.79. The standard InChI is InChI=1S/C15H12FNS/c1-11-2-6-15(7-3-11)18-10-13-8-14(16)5-4-12(13)9-17/h2-8H,10H2,1H3. The number of hydrogen-bond donors (Lipinski definition) is 0. The van der Waals surface area contributed by atoms with E-state index in [0.717, 1.165) is 10.5 Å². The van der Waals surface area contributed by atoms with Crippen LogP contribution in [0.2, 0.25) is 0 Å². The van der Waals surface area contributed by atoms with E-state index in [9.17, 15) is 4.39 Å². The fraction of sp³-hybridized carbons (Fsp3) is 0.133. The Morgan fingerprint density at radius 1 is 1.17 bits per heavy atom. The third kappa shape index (κ3) is 3.12. The maximum absolute atomic E-state index is 13.1. The summed E-state index contributed by atoms with van der Waals surface area (Å²) in [5.41, 5.74) is 2.49. The lowest BCUT2D eigenvalue weighted by Crippen LogP contribution is -1.89. The van der Waals surface area contributed by atoms with Gasteiger partial charge in [-0.1, -0.05) is 17.7 Å². The van der Waals surface area contributed by atoms with E-state index in [4.69, 9.17) is 5.26 Å². The zero-order chi connectivity index (χ0) is 13.0. The summed E-state index contributed by atoms with van der Waals surface area (Å²) in [6.45, 7) is 2.04. The molecule has 0 fully saturated rings. The van der Waals surface area contributed by atoms with Crippen LogP contribution in [0.15, 0.2) is 47.4 Å². The van der Waals surface area contributed by atoms with E-state index in [1.54, 1.807) is 11.8 Å². The molecule has 0 aliphatic heterocycles. The molecule has 0 amide bonds. The molecule has 0 spiro atoms. The van der Waals surface area contributed by atoms with Crippen LogP contribution in [-0.4, -0.2) is 0 Å². The van der Waals surface area contributed by atoms with Crippen LogP contribution in [0.3, 0.4) is 0 Å². The molecule has 0 heterocycles. The van der Waals surface area contributed by atoms with Crippen molar-refractivity contribution in [1.82, 2.24) is 0 Å². The van der Waals surface area contributed by atoms with Gasteiger partial charge < -0.3 is 0 Å². The summed E-state index contributed by atoms with van der Waals surface area (Å²) in [6.07, 6.45) is 0. The molecule has 3 heteroatoms. The highest BCUT2D eigenvalue weighted by Gasteiger charge is 2.04. The van der Waals surface area contributed by atoms with E-state index < -0.39 is 0 Å². The molecule has 90 valence electrons. The molecule has 0 aliphatic rings. The number of aryl methyl sites for hydroxylation is 1. The molecule has 18 heavy (non-hydrogen) atoms. The van der Waals surface area contributed by atoms with Crippen LogP contribution in [0.4, 0.5) is 4.39 Å². The van der Waals surface area contributed by atoms with Crippen molar-refractivity contribution in [2.45, 2.75) is 17.6 Å². The SMILES string of the molecule is Cc1ccc(SCc2cc(F)ccc2C#N)cc1. The fourth-order valence-corrected chi connectivity index (χ4v) is 2.48. The predicted molar refractivity (Wildman–Crippen MR) is 71.9 cm³/mol. The van der Waals surface area contributed by atoms with Gasteiger partial charge >= 0.3 is 0 Å². The Labute approximate surface area is 110 Å². The summed E-state index contributed by atoms with van der Waals surface area (Å²) < 4.78 is 13.1. The number of thioether (sulfide) groups is 1. The molecule has 0 aromatic heterocycles. The summed E-state index contributed by atoms with van der Waals surface area (Å²) in [5, 5.41) is 8.96. The molecule has 0 unspecified atom stereocenters. The van der Waals surface area contributed by atoms with Crippen molar-refractivity contribution in [1.29, 1.82) is 5.26 Å². The molecular formula is C15H12FNS. The second kappa shape index (κ2) is 5.70. The number of benzene rings is 2. The van der Waals surface area contributed by atoms with E-state index in [0.29, 0.717) is 11.3 Å². The van der Waals surface area contributed by atoms with Crippen molar-refractivity contribution >= 4 is 11.8 Å². The molecule has 0 atom stereocenters. The van der Waals surface area contributed by atoms with Gasteiger partial charge in [0, 0.05) is 10.6 Å². The summed E-state index contributed by atoms with van der Waals surface area (Å²) >= 11 is 1.60. The van der Waals surface area contributed by atoms with Crippen LogP contribution >= 0.6 is 11.8 Å². The lowest BCUT2D eigenvalue weighted by atomic mass is 10.1. The second-order valence-corrected chi connectivity index (χ2v) is 5.06. The topological polar surface area (TPSA) is 23.8 Å². The van der Waals surface area contributed by atoms with Crippen molar-refractivity contribution in [2.75, 3.05) is 0 Å². The normalized spacial score (nSPS) is 10.1. The molecule has 0 aliphatic carbocycles. The Kier molecular flexibility index (Phi) is 4.01. The third-order valence-corrected chi connectivity index (χ3v) is 3.66. The average molecular weight is 257 g/mol. The third-order valence-electron chi connectivity index (χ3n) is 2.60. The monoisotopic (exact) mass is 257 g/mol. The van der Waals surface area contributed by atoms with Gasteiger partial charge in [-0.05, 0) is 42.8 Å². The molecule has 0 bridgehead atoms. The zero-order valence-corrected chi connectivity index (χ0v) is 10.8. The highest BCUT2D eigenvalue weighted by molar-refractivity contribution is 7.98. The van der Waals surface area contributed by atoms with E-state index in [1.807, 2.05) is 31.2 Å². The molecule has 2 aromatic rings. The highest BCUT2D eigenvalue weighted by Crippen LogP contribution is 2.25. The van der Waals surface area contributed by atoms with E-state index in [1.165, 1.54) is 23.8 Å². The van der Waals surface area contributed by atoms with Gasteiger partial charge in [-0.3, -0.25) is 0 Å². The Morgan fingerprint density at radius 2 is 1.89 bits per heavy atom. The van der Waals surface area contributed by atoms with Crippen LogP contribution in [0.1, 0.15) is 16.7 Å². The first-order chi connectivity index (χ1) is 8.69. The molecule has 0 saturated heterocycles. The Morgan fingerprint density at radius 3 is 2.56 bits per heavy atom. The fourth-order valence-electron chi connectivity index (χ4n) is 1.59. The van der Waals surface area contributed by atoms with Gasteiger partial charge in [-0.15, -0.1) is 11.8 Å². The molecular weight excluding hydrogens is 245 g/mol. The minimum Gasteiger partial charge on any atom is -0.207 e. The van der Waals surface area contributed by atoms with E-state index >= 15 is 0 Å². The first-order valence-electron chi connectivity index (χ1n) is 5.57. The minimum absolute atomic E-state index is 0.298. The maximum Gasteiger partial charge on any atom is 0.123 e. The van der Waals surface area contributed by atoms with Gasteiger partial charge in [0.1, 0.15) is 5.82 Å². The van der Waals surface area contributed by atoms with Gasteiger partial charge in [0.05, 0.1) is 11.6 Å². The Balaban J connectivity index is 2.13. The molecule has 0 saturated carbocycles. The van der Waals surface area contributed by atoms with Crippen LogP contribution < -0.4 is 0 Å². The molecule has 2 rings (SSSR count). The van der Waals surface area contributed by atoms with E-state index in [2.05, 4.69) is 6.07 Å². The minimum atomic E-state index is -0.298. The van der Waals surface area contributed by atoms with Crippen LogP contribution in [-0.2, 0) is 5.75 Å². The van der Waals surface area contributed by atoms with Gasteiger partial charge in [0.25, 0.3) is 0 Å². The van der Waals surface area contributed by atoms with Gasteiger partial charge in [0.15, 0.2) is 0 Å². The highest BCUT2D eigenvalue weighted by atomic mass is 32.2. The molecule has 1 nitrogen and oxygen atoms in total. The number of nitriles is 1. The van der Waals surface area contributed by atoms with Crippen molar-refractivity contribution in [2.24, 2.45) is 0 Å². The lowest BCUT2D eigenvalue weighted by Gasteiger charge is -2.05. The summed E-state index contributed by atoms with van der Waals surface area (Å²) in [5.74, 6) is 0.303. The zero-order valence-electron chi connectivity index (χ0n) is 9.98. The maximum atomic E-state index is 13.1. The summed E-state index contributed by atoms with van der Waals surface area (Å²) in [4.78, 5) is 1.12. The van der Waals surface area contributed by atoms with Gasteiger partial charge in [-0.25, -0.2) is 4.39 Å². The second-order valence-electron chi connectivity index (χ2n) is 4.02. The average Bonchev–Trinajstić information content (AvgIpc) is 2.38. The van der Waals surface area contributed by atoms with Crippen molar-refractivity contribution < 1.29 is 4.39 Å². The molecule has 0 N–H and O–H groups in total.